The Kier molecular flexibility index (Phi) is 6.57. The SMILES string of the molecule is CCCCOc1ccc(-c2cc(C(=O)NN=Cc3ccc(C)cc3)[nH]n2)cc1. The number of benzene rings is 2. The molecule has 0 bridgehead atoms. The zero-order valence-corrected chi connectivity index (χ0v) is 16.1. The van der Waals surface area contributed by atoms with Crippen molar-refractivity contribution in [2.24, 2.45) is 5.10 Å². The number of H-pyrrole nitrogens is 1. The van der Waals surface area contributed by atoms with Crippen LogP contribution in [-0.4, -0.2) is 28.9 Å². The van der Waals surface area contributed by atoms with Crippen LogP contribution < -0.4 is 10.2 Å². The van der Waals surface area contributed by atoms with E-state index in [0.29, 0.717) is 18.0 Å². The molecule has 2 N–H and O–H groups in total. The molecule has 28 heavy (non-hydrogen) atoms. The first-order valence-corrected chi connectivity index (χ1v) is 9.34. The summed E-state index contributed by atoms with van der Waals surface area (Å²) in [4.78, 5) is 12.2. The van der Waals surface area contributed by atoms with Gasteiger partial charge in [-0.1, -0.05) is 43.2 Å². The molecule has 6 heteroatoms. The van der Waals surface area contributed by atoms with E-state index in [4.69, 9.17) is 4.74 Å². The van der Waals surface area contributed by atoms with E-state index in [2.05, 4.69) is 27.6 Å². The van der Waals surface area contributed by atoms with Gasteiger partial charge in [0.05, 0.1) is 18.5 Å². The molecule has 0 atom stereocenters. The first kappa shape index (κ1) is 19.4. The van der Waals surface area contributed by atoms with E-state index in [9.17, 15) is 4.79 Å². The molecule has 0 saturated heterocycles. The lowest BCUT2D eigenvalue weighted by Gasteiger charge is -2.05. The minimum absolute atomic E-state index is 0.346. The van der Waals surface area contributed by atoms with Gasteiger partial charge in [0.1, 0.15) is 11.4 Å². The standard InChI is InChI=1S/C22H24N4O2/c1-3-4-13-28-19-11-9-18(10-12-19)20-14-21(25-24-20)22(27)26-23-15-17-7-5-16(2)6-8-17/h5-12,14-15H,3-4,13H2,1-2H3,(H,24,25)(H,26,27). The Bertz CT molecular complexity index is 928. The highest BCUT2D eigenvalue weighted by atomic mass is 16.5. The van der Waals surface area contributed by atoms with Gasteiger partial charge in [-0.3, -0.25) is 9.89 Å². The molecule has 0 saturated carbocycles. The van der Waals surface area contributed by atoms with Crippen molar-refractivity contribution in [2.75, 3.05) is 6.61 Å². The minimum atomic E-state index is -0.346. The van der Waals surface area contributed by atoms with Gasteiger partial charge in [0.25, 0.3) is 5.91 Å². The molecule has 0 radical (unpaired) electrons. The Balaban J connectivity index is 1.58. The van der Waals surface area contributed by atoms with Gasteiger partial charge in [-0.15, -0.1) is 0 Å². The summed E-state index contributed by atoms with van der Waals surface area (Å²) in [6.45, 7) is 4.86. The maximum atomic E-state index is 12.2. The molecule has 1 heterocycles. The Morgan fingerprint density at radius 2 is 1.93 bits per heavy atom. The Labute approximate surface area is 164 Å². The van der Waals surface area contributed by atoms with E-state index >= 15 is 0 Å². The second-order valence-corrected chi connectivity index (χ2v) is 6.50. The van der Waals surface area contributed by atoms with Crippen molar-refractivity contribution in [1.29, 1.82) is 0 Å². The number of nitrogens with zero attached hydrogens (tertiary/aromatic N) is 2. The summed E-state index contributed by atoms with van der Waals surface area (Å²) in [5.41, 5.74) is 6.53. The van der Waals surface area contributed by atoms with Crippen LogP contribution in [0.15, 0.2) is 59.7 Å². The molecule has 1 aromatic heterocycles. The number of ether oxygens (including phenoxy) is 1. The highest BCUT2D eigenvalue weighted by Gasteiger charge is 2.10. The van der Waals surface area contributed by atoms with Crippen LogP contribution in [0.1, 0.15) is 41.4 Å². The van der Waals surface area contributed by atoms with Gasteiger partial charge in [-0.25, -0.2) is 5.43 Å². The fourth-order valence-electron chi connectivity index (χ4n) is 2.52. The molecule has 3 rings (SSSR count). The summed E-state index contributed by atoms with van der Waals surface area (Å²) >= 11 is 0. The van der Waals surface area contributed by atoms with Crippen LogP contribution in [-0.2, 0) is 0 Å². The number of carbonyl (C=O) groups is 1. The number of amides is 1. The van der Waals surface area contributed by atoms with Crippen molar-refractivity contribution in [3.63, 3.8) is 0 Å². The van der Waals surface area contributed by atoms with E-state index < -0.39 is 0 Å². The number of hydrazone groups is 1. The number of hydrogen-bond donors (Lipinski definition) is 2. The summed E-state index contributed by atoms with van der Waals surface area (Å²) in [6, 6.07) is 17.2. The molecule has 0 fully saturated rings. The minimum Gasteiger partial charge on any atom is -0.494 e. The van der Waals surface area contributed by atoms with Crippen molar-refractivity contribution in [3.8, 4) is 17.0 Å². The summed E-state index contributed by atoms with van der Waals surface area (Å²) in [5.74, 6) is 0.484. The van der Waals surface area contributed by atoms with E-state index in [-0.39, 0.29) is 5.91 Å². The summed E-state index contributed by atoms with van der Waals surface area (Å²) in [5, 5.41) is 10.9. The molecule has 0 aliphatic heterocycles. The maximum absolute atomic E-state index is 12.2. The van der Waals surface area contributed by atoms with Crippen molar-refractivity contribution in [2.45, 2.75) is 26.7 Å². The number of carbonyl (C=O) groups excluding carboxylic acids is 1. The van der Waals surface area contributed by atoms with Crippen molar-refractivity contribution in [3.05, 3.63) is 71.4 Å². The van der Waals surface area contributed by atoms with Crippen molar-refractivity contribution in [1.82, 2.24) is 15.6 Å². The summed E-state index contributed by atoms with van der Waals surface area (Å²) < 4.78 is 5.66. The molecular weight excluding hydrogens is 352 g/mol. The van der Waals surface area contributed by atoms with Crippen LogP contribution in [0.5, 0.6) is 5.75 Å². The zero-order chi connectivity index (χ0) is 19.8. The predicted octanol–water partition coefficient (Wildman–Crippen LogP) is 4.33. The summed E-state index contributed by atoms with van der Waals surface area (Å²) in [7, 11) is 0. The number of hydrogen-bond acceptors (Lipinski definition) is 4. The van der Waals surface area contributed by atoms with E-state index in [1.54, 1.807) is 12.3 Å². The fourth-order valence-corrected chi connectivity index (χ4v) is 2.52. The predicted molar refractivity (Wildman–Crippen MR) is 111 cm³/mol. The highest BCUT2D eigenvalue weighted by Crippen LogP contribution is 2.21. The van der Waals surface area contributed by atoms with E-state index in [1.807, 2.05) is 55.5 Å². The Morgan fingerprint density at radius 3 is 2.64 bits per heavy atom. The molecule has 0 aliphatic carbocycles. The number of aromatic amines is 1. The lowest BCUT2D eigenvalue weighted by molar-refractivity contribution is 0.0950. The lowest BCUT2D eigenvalue weighted by Crippen LogP contribution is -2.17. The lowest BCUT2D eigenvalue weighted by atomic mass is 10.1. The van der Waals surface area contributed by atoms with Crippen LogP contribution in [0.25, 0.3) is 11.3 Å². The molecule has 3 aromatic rings. The number of unbranched alkanes of at least 4 members (excludes halogenated alkanes) is 1. The molecule has 1 amide bonds. The quantitative estimate of drug-likeness (QED) is 0.349. The third-order valence-corrected chi connectivity index (χ3v) is 4.20. The summed E-state index contributed by atoms with van der Waals surface area (Å²) in [6.07, 6.45) is 3.74. The largest absolute Gasteiger partial charge is 0.494 e. The first-order valence-electron chi connectivity index (χ1n) is 9.34. The van der Waals surface area contributed by atoms with Crippen LogP contribution in [0, 0.1) is 6.92 Å². The highest BCUT2D eigenvalue weighted by molar-refractivity contribution is 5.94. The normalized spacial score (nSPS) is 10.9. The molecule has 0 unspecified atom stereocenters. The van der Waals surface area contributed by atoms with Gasteiger partial charge in [-0.2, -0.15) is 10.2 Å². The van der Waals surface area contributed by atoms with Gasteiger partial charge in [0.15, 0.2) is 0 Å². The number of aryl methyl sites for hydroxylation is 1. The van der Waals surface area contributed by atoms with Crippen molar-refractivity contribution >= 4 is 12.1 Å². The molecule has 144 valence electrons. The third kappa shape index (κ3) is 5.30. The second-order valence-electron chi connectivity index (χ2n) is 6.50. The van der Waals surface area contributed by atoms with Crippen LogP contribution in [0.3, 0.4) is 0 Å². The fraction of sp³-hybridized carbons (Fsp3) is 0.227. The van der Waals surface area contributed by atoms with Crippen LogP contribution in [0.4, 0.5) is 0 Å². The van der Waals surface area contributed by atoms with E-state index in [0.717, 1.165) is 29.7 Å². The van der Waals surface area contributed by atoms with E-state index in [1.165, 1.54) is 5.56 Å². The number of nitrogens with one attached hydrogen (secondary N) is 2. The second kappa shape index (κ2) is 9.50. The average Bonchev–Trinajstić information content (AvgIpc) is 3.20. The Morgan fingerprint density at radius 1 is 1.18 bits per heavy atom. The van der Waals surface area contributed by atoms with Gasteiger partial charge in [0.2, 0.25) is 0 Å². The van der Waals surface area contributed by atoms with Gasteiger partial charge < -0.3 is 4.74 Å². The van der Waals surface area contributed by atoms with Gasteiger partial charge in [-0.05, 0) is 49.2 Å². The van der Waals surface area contributed by atoms with Crippen molar-refractivity contribution < 1.29 is 9.53 Å². The Hall–Kier alpha value is -3.41. The molecule has 0 spiro atoms. The molecule has 2 aromatic carbocycles. The molecule has 6 nitrogen and oxygen atoms in total. The van der Waals surface area contributed by atoms with Gasteiger partial charge in [0, 0.05) is 5.56 Å². The van der Waals surface area contributed by atoms with Crippen LogP contribution in [0.2, 0.25) is 0 Å². The topological polar surface area (TPSA) is 79.4 Å². The number of rotatable bonds is 8. The molecular formula is C22H24N4O2. The third-order valence-electron chi connectivity index (χ3n) is 4.20. The first-order chi connectivity index (χ1) is 13.7. The molecule has 0 aliphatic rings. The smallest absolute Gasteiger partial charge is 0.289 e. The van der Waals surface area contributed by atoms with Gasteiger partial charge >= 0.3 is 0 Å². The number of aromatic nitrogens is 2. The monoisotopic (exact) mass is 376 g/mol. The zero-order valence-electron chi connectivity index (χ0n) is 16.1. The average molecular weight is 376 g/mol. The van der Waals surface area contributed by atoms with Crippen LogP contribution >= 0.6 is 0 Å². The maximum Gasteiger partial charge on any atom is 0.289 e.